The van der Waals surface area contributed by atoms with Gasteiger partial charge >= 0.3 is 0 Å². The van der Waals surface area contributed by atoms with E-state index < -0.39 is 0 Å². The molecule has 5 fully saturated rings. The largest absolute Gasteiger partial charge is 0.353 e. The van der Waals surface area contributed by atoms with Crippen molar-refractivity contribution < 1.29 is 4.79 Å². The third kappa shape index (κ3) is 2.84. The maximum absolute atomic E-state index is 12.8. The lowest BCUT2D eigenvalue weighted by Crippen LogP contribution is -2.55. The minimum atomic E-state index is 0. The summed E-state index contributed by atoms with van der Waals surface area (Å²) in [6.45, 7) is 4.36. The number of carbonyl (C=O) groups is 1. The van der Waals surface area contributed by atoms with Crippen LogP contribution in [-0.4, -0.2) is 25.0 Å². The minimum Gasteiger partial charge on any atom is -0.353 e. The molecule has 3 nitrogen and oxygen atoms in total. The van der Waals surface area contributed by atoms with Crippen LogP contribution in [-0.2, 0) is 4.79 Å². The predicted molar refractivity (Wildman–Crippen MR) is 86.4 cm³/mol. The smallest absolute Gasteiger partial charge is 0.223 e. The molecule has 2 unspecified atom stereocenters. The van der Waals surface area contributed by atoms with E-state index in [0.717, 1.165) is 31.3 Å². The molecule has 4 saturated carbocycles. The second-order valence-electron chi connectivity index (χ2n) is 8.04. The summed E-state index contributed by atoms with van der Waals surface area (Å²) in [4.78, 5) is 12.8. The molecule has 2 atom stereocenters. The Labute approximate surface area is 134 Å². The Kier molecular flexibility index (Phi) is 4.52. The van der Waals surface area contributed by atoms with E-state index in [1.807, 2.05) is 0 Å². The Hall–Kier alpha value is -0.280. The maximum atomic E-state index is 12.8. The van der Waals surface area contributed by atoms with Crippen molar-refractivity contribution in [1.29, 1.82) is 0 Å². The Bertz CT molecular complexity index is 372. The molecule has 21 heavy (non-hydrogen) atoms. The van der Waals surface area contributed by atoms with Gasteiger partial charge in [-0.2, -0.15) is 0 Å². The highest BCUT2D eigenvalue weighted by atomic mass is 35.5. The Balaban J connectivity index is 0.00000132. The third-order valence-corrected chi connectivity index (χ3v) is 6.64. The van der Waals surface area contributed by atoms with Gasteiger partial charge in [-0.1, -0.05) is 6.92 Å². The number of halogens is 1. The molecule has 4 aliphatic carbocycles. The standard InChI is InChI=1S/C17H28N2O.ClH/c1-10-9-18-3-2-15(10)19-17(20)16-13-5-11-4-12(7-13)8-14(16)6-11;/h10-16,18H,2-9H2,1H3,(H,19,20);1H. The number of piperidine rings is 1. The molecular formula is C17H29ClN2O. The van der Waals surface area contributed by atoms with E-state index in [1.54, 1.807) is 0 Å². The number of nitrogens with one attached hydrogen (secondary N) is 2. The molecule has 5 aliphatic rings. The fraction of sp³-hybridized carbons (Fsp3) is 0.941. The van der Waals surface area contributed by atoms with E-state index in [2.05, 4.69) is 17.6 Å². The quantitative estimate of drug-likeness (QED) is 0.823. The zero-order valence-corrected chi connectivity index (χ0v) is 13.8. The Morgan fingerprint density at radius 3 is 2.24 bits per heavy atom. The second-order valence-corrected chi connectivity index (χ2v) is 8.04. The van der Waals surface area contributed by atoms with E-state index in [-0.39, 0.29) is 12.4 Å². The van der Waals surface area contributed by atoms with E-state index in [1.165, 1.54) is 32.1 Å². The van der Waals surface area contributed by atoms with Gasteiger partial charge in [0, 0.05) is 12.0 Å². The van der Waals surface area contributed by atoms with Crippen molar-refractivity contribution in [1.82, 2.24) is 10.6 Å². The molecule has 0 spiro atoms. The van der Waals surface area contributed by atoms with Crippen molar-refractivity contribution in [3.05, 3.63) is 0 Å². The number of carbonyl (C=O) groups excluding carboxylic acids is 1. The predicted octanol–water partition coefficient (Wildman–Crippen LogP) is 2.59. The summed E-state index contributed by atoms with van der Waals surface area (Å²) >= 11 is 0. The molecule has 5 rings (SSSR count). The summed E-state index contributed by atoms with van der Waals surface area (Å²) in [5.74, 6) is 4.66. The molecule has 1 amide bonds. The van der Waals surface area contributed by atoms with Crippen LogP contribution in [0.15, 0.2) is 0 Å². The summed E-state index contributed by atoms with van der Waals surface area (Å²) < 4.78 is 0. The molecule has 0 aromatic heterocycles. The maximum Gasteiger partial charge on any atom is 0.223 e. The van der Waals surface area contributed by atoms with Crippen molar-refractivity contribution >= 4 is 18.3 Å². The van der Waals surface area contributed by atoms with Gasteiger partial charge in [0.25, 0.3) is 0 Å². The monoisotopic (exact) mass is 312 g/mol. The fourth-order valence-electron chi connectivity index (χ4n) is 5.86. The van der Waals surface area contributed by atoms with Gasteiger partial charge in [0.1, 0.15) is 0 Å². The average Bonchev–Trinajstić information content (AvgIpc) is 2.40. The summed E-state index contributed by atoms with van der Waals surface area (Å²) in [6.07, 6.45) is 7.92. The topological polar surface area (TPSA) is 41.1 Å². The molecular weight excluding hydrogens is 284 g/mol. The first kappa shape index (κ1) is 15.6. The molecule has 1 saturated heterocycles. The first-order valence-corrected chi connectivity index (χ1v) is 8.71. The molecule has 2 N–H and O–H groups in total. The number of rotatable bonds is 2. The first-order valence-electron chi connectivity index (χ1n) is 8.71. The van der Waals surface area contributed by atoms with Crippen molar-refractivity contribution in [2.45, 2.75) is 51.5 Å². The van der Waals surface area contributed by atoms with Crippen LogP contribution in [0.4, 0.5) is 0 Å². The van der Waals surface area contributed by atoms with E-state index in [0.29, 0.717) is 35.6 Å². The van der Waals surface area contributed by atoms with Crippen molar-refractivity contribution in [3.63, 3.8) is 0 Å². The van der Waals surface area contributed by atoms with Gasteiger partial charge in [0.15, 0.2) is 0 Å². The lowest BCUT2D eigenvalue weighted by atomic mass is 9.51. The van der Waals surface area contributed by atoms with Gasteiger partial charge in [-0.3, -0.25) is 4.79 Å². The molecule has 0 aromatic rings. The van der Waals surface area contributed by atoms with Crippen LogP contribution in [0, 0.1) is 35.5 Å². The number of amides is 1. The number of hydrogen-bond acceptors (Lipinski definition) is 2. The lowest BCUT2D eigenvalue weighted by Gasteiger charge is -2.54. The highest BCUT2D eigenvalue weighted by Crippen LogP contribution is 2.56. The lowest BCUT2D eigenvalue weighted by molar-refractivity contribution is -0.139. The normalized spacial score (nSPS) is 47.8. The fourth-order valence-corrected chi connectivity index (χ4v) is 5.86. The summed E-state index contributed by atoms with van der Waals surface area (Å²) in [5, 5.41) is 6.84. The summed E-state index contributed by atoms with van der Waals surface area (Å²) in [6, 6.07) is 0.404. The van der Waals surface area contributed by atoms with E-state index in [9.17, 15) is 4.79 Å². The Morgan fingerprint density at radius 2 is 1.67 bits per heavy atom. The van der Waals surface area contributed by atoms with Crippen LogP contribution in [0.1, 0.15) is 45.4 Å². The van der Waals surface area contributed by atoms with Crippen LogP contribution >= 0.6 is 12.4 Å². The second kappa shape index (κ2) is 6.08. The molecule has 120 valence electrons. The average molecular weight is 313 g/mol. The SMILES string of the molecule is CC1CNCCC1NC(=O)C1C2CC3CC(C2)CC1C3.Cl. The highest BCUT2D eigenvalue weighted by Gasteiger charge is 2.50. The van der Waals surface area contributed by atoms with Crippen LogP contribution in [0.25, 0.3) is 0 Å². The van der Waals surface area contributed by atoms with Crippen LogP contribution in [0.3, 0.4) is 0 Å². The highest BCUT2D eigenvalue weighted by molar-refractivity contribution is 5.85. The van der Waals surface area contributed by atoms with Crippen LogP contribution < -0.4 is 10.6 Å². The summed E-state index contributed by atoms with van der Waals surface area (Å²) in [5.41, 5.74) is 0. The van der Waals surface area contributed by atoms with Crippen molar-refractivity contribution in [2.75, 3.05) is 13.1 Å². The van der Waals surface area contributed by atoms with Gasteiger partial charge < -0.3 is 10.6 Å². The van der Waals surface area contributed by atoms with Crippen molar-refractivity contribution in [3.8, 4) is 0 Å². The van der Waals surface area contributed by atoms with E-state index in [4.69, 9.17) is 0 Å². The minimum absolute atomic E-state index is 0. The van der Waals surface area contributed by atoms with Crippen molar-refractivity contribution in [2.24, 2.45) is 35.5 Å². The number of hydrogen-bond donors (Lipinski definition) is 2. The van der Waals surface area contributed by atoms with Gasteiger partial charge in [-0.25, -0.2) is 0 Å². The molecule has 4 heteroatoms. The van der Waals surface area contributed by atoms with Gasteiger partial charge in [-0.05, 0) is 81.2 Å². The van der Waals surface area contributed by atoms with Gasteiger partial charge in [-0.15, -0.1) is 12.4 Å². The van der Waals surface area contributed by atoms with Crippen LogP contribution in [0.2, 0.25) is 0 Å². The molecule has 0 radical (unpaired) electrons. The Morgan fingerprint density at radius 1 is 1.05 bits per heavy atom. The van der Waals surface area contributed by atoms with Gasteiger partial charge in [0.05, 0.1) is 0 Å². The van der Waals surface area contributed by atoms with Crippen LogP contribution in [0.5, 0.6) is 0 Å². The molecule has 1 heterocycles. The van der Waals surface area contributed by atoms with E-state index >= 15 is 0 Å². The third-order valence-electron chi connectivity index (χ3n) is 6.64. The zero-order valence-electron chi connectivity index (χ0n) is 13.0. The summed E-state index contributed by atoms with van der Waals surface area (Å²) in [7, 11) is 0. The first-order chi connectivity index (χ1) is 9.70. The molecule has 1 aliphatic heterocycles. The molecule has 0 aromatic carbocycles. The molecule has 4 bridgehead atoms. The van der Waals surface area contributed by atoms with Gasteiger partial charge in [0.2, 0.25) is 5.91 Å². The zero-order chi connectivity index (χ0) is 13.7.